The van der Waals surface area contributed by atoms with Crippen LogP contribution in [0.25, 0.3) is 11.1 Å². The predicted molar refractivity (Wildman–Crippen MR) is 293 cm³/mol. The fourth-order valence-electron chi connectivity index (χ4n) is 8.43. The summed E-state index contributed by atoms with van der Waals surface area (Å²) in [5.41, 5.74) is 13.5. The molecule has 358 valence electrons. The molecule has 8 rings (SSSR count). The second-order valence-electron chi connectivity index (χ2n) is 17.7. The van der Waals surface area contributed by atoms with Gasteiger partial charge in [-0.3, -0.25) is 4.90 Å². The minimum absolute atomic E-state index is 0.334. The maximum Gasteiger partial charge on any atom is 0.323 e. The number of nitrogens with zero attached hydrogens (tertiary/aromatic N) is 3. The number of hydrogen-bond donors (Lipinski definition) is 6. The van der Waals surface area contributed by atoms with Crippen LogP contribution in [-0.2, 0) is 26.2 Å². The van der Waals surface area contributed by atoms with Gasteiger partial charge in [0, 0.05) is 85.8 Å². The van der Waals surface area contributed by atoms with Gasteiger partial charge in [0.25, 0.3) is 0 Å². The van der Waals surface area contributed by atoms with Crippen molar-refractivity contribution in [3.05, 3.63) is 228 Å². The van der Waals surface area contributed by atoms with E-state index in [1.807, 2.05) is 60.7 Å². The van der Waals surface area contributed by atoms with Crippen LogP contribution < -0.4 is 41.7 Å². The molecule has 8 aromatic rings. The minimum Gasteiger partial charge on any atom is -0.370 e. The molecule has 6 amide bonds. The van der Waals surface area contributed by atoms with Gasteiger partial charge >= 0.3 is 18.1 Å². The fourth-order valence-corrected chi connectivity index (χ4v) is 8.43. The van der Waals surface area contributed by atoms with Crippen molar-refractivity contribution in [2.75, 3.05) is 62.8 Å². The van der Waals surface area contributed by atoms with Crippen LogP contribution in [0.4, 0.5) is 59.9 Å². The summed E-state index contributed by atoms with van der Waals surface area (Å²) in [6, 6.07) is 63.4. The highest BCUT2D eigenvalue weighted by Crippen LogP contribution is 2.33. The maximum absolute atomic E-state index is 13.4. The predicted octanol–water partition coefficient (Wildman–Crippen LogP) is 13.5. The molecule has 0 bridgehead atoms. The molecule has 0 spiro atoms. The molecule has 0 saturated carbocycles. The van der Waals surface area contributed by atoms with Crippen LogP contribution in [0, 0.1) is 6.92 Å². The monoisotopic (exact) mass is 941 g/mol. The number of amides is 6. The lowest BCUT2D eigenvalue weighted by molar-refractivity contribution is 0.261. The Bertz CT molecular complexity index is 2970. The smallest absolute Gasteiger partial charge is 0.323 e. The summed E-state index contributed by atoms with van der Waals surface area (Å²) < 4.78 is 0. The Morgan fingerprint density at radius 1 is 0.366 bits per heavy atom. The number of urea groups is 3. The Labute approximate surface area is 416 Å². The van der Waals surface area contributed by atoms with E-state index >= 15 is 0 Å². The lowest BCUT2D eigenvalue weighted by atomic mass is 10.0. The molecule has 0 unspecified atom stereocenters. The molecule has 0 saturated heterocycles. The molecule has 6 N–H and O–H groups in total. The average molecular weight is 942 g/mol. The highest BCUT2D eigenvalue weighted by molar-refractivity contribution is 6.05. The second kappa shape index (κ2) is 23.4. The Balaban J connectivity index is 0.938. The Hall–Kier alpha value is -8.87. The number of anilines is 8. The molecular formula is C59H59N9O3. The van der Waals surface area contributed by atoms with Gasteiger partial charge in [-0.15, -0.1) is 0 Å². The van der Waals surface area contributed by atoms with Crippen molar-refractivity contribution in [3.63, 3.8) is 0 Å². The number of rotatable bonds is 17. The SMILES string of the molecule is Cc1c(CN(C)Cc2ccccc2)cc(N(C)Cc2cccc(-c3ccc(NC(=O)Nc4cc(NC(=O)Nc5ccccc5)cc(NC(=O)Nc5ccccc5)c4)cc3)c2)cc1N(C)Cc1ccccc1. The van der Waals surface area contributed by atoms with E-state index in [-0.39, 0.29) is 0 Å². The number of hydrogen-bond acceptors (Lipinski definition) is 6. The van der Waals surface area contributed by atoms with Crippen molar-refractivity contribution in [1.29, 1.82) is 0 Å². The van der Waals surface area contributed by atoms with Gasteiger partial charge in [-0.05, 0) is 126 Å². The second-order valence-corrected chi connectivity index (χ2v) is 17.7. The van der Waals surface area contributed by atoms with Gasteiger partial charge < -0.3 is 41.7 Å². The van der Waals surface area contributed by atoms with Gasteiger partial charge in [0.05, 0.1) is 0 Å². The van der Waals surface area contributed by atoms with E-state index in [1.165, 1.54) is 27.9 Å². The topological polar surface area (TPSA) is 133 Å². The molecule has 0 aliphatic rings. The van der Waals surface area contributed by atoms with Gasteiger partial charge in [-0.25, -0.2) is 14.4 Å². The molecule has 0 radical (unpaired) electrons. The van der Waals surface area contributed by atoms with Crippen LogP contribution >= 0.6 is 0 Å². The highest BCUT2D eigenvalue weighted by atomic mass is 16.2. The zero-order valence-corrected chi connectivity index (χ0v) is 40.4. The first kappa shape index (κ1) is 48.6. The average Bonchev–Trinajstić information content (AvgIpc) is 3.36. The van der Waals surface area contributed by atoms with Gasteiger partial charge in [0.1, 0.15) is 0 Å². The first-order valence-electron chi connectivity index (χ1n) is 23.5. The van der Waals surface area contributed by atoms with Gasteiger partial charge in [-0.1, -0.05) is 127 Å². The van der Waals surface area contributed by atoms with E-state index in [2.05, 4.69) is 172 Å². The summed E-state index contributed by atoms with van der Waals surface area (Å²) >= 11 is 0. The highest BCUT2D eigenvalue weighted by Gasteiger charge is 2.17. The van der Waals surface area contributed by atoms with Crippen molar-refractivity contribution in [1.82, 2.24) is 4.90 Å². The molecule has 0 aliphatic heterocycles. The van der Waals surface area contributed by atoms with Crippen molar-refractivity contribution in [2.24, 2.45) is 0 Å². The van der Waals surface area contributed by atoms with E-state index in [0.29, 0.717) is 40.7 Å². The molecule has 0 heterocycles. The number of benzene rings is 8. The zero-order chi connectivity index (χ0) is 49.5. The standard InChI is InChI=1S/C59H59N9O3/c1-42-48(41-66(2)38-43-18-9-5-10-19-43)33-55(37-56(42)68(4)39-44-20-11-6-12-21-44)67(3)40-45-22-17-23-47(32-45)46-28-30-51(31-29-46)62-59(71)65-54-35-52(63-57(69)60-49-24-13-7-14-25-49)34-53(36-54)64-58(70)61-50-26-15-8-16-27-50/h5-37H,38-41H2,1-4H3,(H2,60,63,69)(H2,61,64,70)(H2,62,65,71). The number of nitrogens with one attached hydrogen (secondary N) is 6. The molecule has 0 fully saturated rings. The summed E-state index contributed by atoms with van der Waals surface area (Å²) in [5.74, 6) is 0. The van der Waals surface area contributed by atoms with Crippen LogP contribution in [-0.4, -0.2) is 44.1 Å². The van der Waals surface area contributed by atoms with Gasteiger partial charge in [0.2, 0.25) is 0 Å². The molecule has 0 atom stereocenters. The lowest BCUT2D eigenvalue weighted by Gasteiger charge is -2.29. The van der Waals surface area contributed by atoms with E-state index in [9.17, 15) is 14.4 Å². The van der Waals surface area contributed by atoms with Crippen molar-refractivity contribution in [3.8, 4) is 11.1 Å². The summed E-state index contributed by atoms with van der Waals surface area (Å²) in [5, 5.41) is 16.9. The number of carbonyl (C=O) groups is 3. The van der Waals surface area contributed by atoms with Crippen LogP contribution in [0.3, 0.4) is 0 Å². The minimum atomic E-state index is -0.509. The molecule has 12 heteroatoms. The van der Waals surface area contributed by atoms with Gasteiger partial charge in [0.15, 0.2) is 0 Å². The maximum atomic E-state index is 13.4. The third-order valence-electron chi connectivity index (χ3n) is 11.9. The third kappa shape index (κ3) is 14.1. The fraction of sp³-hybridized carbons (Fsp3) is 0.136. The van der Waals surface area contributed by atoms with Crippen molar-refractivity contribution >= 4 is 63.6 Å². The summed E-state index contributed by atoms with van der Waals surface area (Å²) in [6.45, 7) is 5.40. The molecule has 0 aliphatic carbocycles. The summed E-state index contributed by atoms with van der Waals surface area (Å²) in [6.07, 6.45) is 0. The van der Waals surface area contributed by atoms with Crippen molar-refractivity contribution in [2.45, 2.75) is 33.1 Å². The largest absolute Gasteiger partial charge is 0.370 e. The van der Waals surface area contributed by atoms with Crippen LogP contribution in [0.2, 0.25) is 0 Å². The van der Waals surface area contributed by atoms with Crippen LogP contribution in [0.5, 0.6) is 0 Å². The quantitative estimate of drug-likeness (QED) is 0.0539. The third-order valence-corrected chi connectivity index (χ3v) is 11.9. The first-order valence-corrected chi connectivity index (χ1v) is 23.5. The Morgan fingerprint density at radius 3 is 1.30 bits per heavy atom. The molecule has 8 aromatic carbocycles. The lowest BCUT2D eigenvalue weighted by Crippen LogP contribution is -2.23. The molecule has 12 nitrogen and oxygen atoms in total. The number of carbonyl (C=O) groups excluding carboxylic acids is 3. The van der Waals surface area contributed by atoms with Crippen molar-refractivity contribution < 1.29 is 14.4 Å². The van der Waals surface area contributed by atoms with E-state index < -0.39 is 18.1 Å². The summed E-state index contributed by atoms with van der Waals surface area (Å²) in [4.78, 5) is 46.3. The van der Waals surface area contributed by atoms with Crippen LogP contribution in [0.1, 0.15) is 27.8 Å². The van der Waals surface area contributed by atoms with Crippen LogP contribution in [0.15, 0.2) is 200 Å². The van der Waals surface area contributed by atoms with E-state index in [4.69, 9.17) is 0 Å². The molecule has 0 aromatic heterocycles. The van der Waals surface area contributed by atoms with E-state index in [1.54, 1.807) is 42.5 Å². The summed E-state index contributed by atoms with van der Waals surface area (Å²) in [7, 11) is 6.50. The number of para-hydroxylation sites is 2. The zero-order valence-electron chi connectivity index (χ0n) is 40.4. The molecule has 71 heavy (non-hydrogen) atoms. The van der Waals surface area contributed by atoms with E-state index in [0.717, 1.165) is 42.0 Å². The van der Waals surface area contributed by atoms with Gasteiger partial charge in [-0.2, -0.15) is 0 Å². The molecular weight excluding hydrogens is 883 g/mol. The Kier molecular flexibility index (Phi) is 16.0. The Morgan fingerprint density at radius 2 is 0.789 bits per heavy atom. The first-order chi connectivity index (χ1) is 34.5. The normalized spacial score (nSPS) is 10.8.